The highest BCUT2D eigenvalue weighted by atomic mass is 16.5. The molecule has 190 valence electrons. The number of pyridine rings is 1. The van der Waals surface area contributed by atoms with E-state index in [4.69, 9.17) is 14.2 Å². The van der Waals surface area contributed by atoms with E-state index in [1.54, 1.807) is 49.7 Å². The molecule has 3 atom stereocenters. The number of benzene rings is 1. The van der Waals surface area contributed by atoms with Crippen LogP contribution >= 0.6 is 0 Å². The van der Waals surface area contributed by atoms with Gasteiger partial charge in [0.2, 0.25) is 5.91 Å². The SMILES string of the molecule is COCC(=O)Nc1ccc2c(c1)C(=O)N(C)C[C@@H](OC)[C@H](C)CN(Cc1ccncc1)[C@H](C)CO2. The summed E-state index contributed by atoms with van der Waals surface area (Å²) in [5.74, 6) is 0.151. The van der Waals surface area contributed by atoms with Gasteiger partial charge in [0.15, 0.2) is 0 Å². The lowest BCUT2D eigenvalue weighted by Crippen LogP contribution is -2.46. The molecule has 1 N–H and O–H groups in total. The number of ether oxygens (including phenoxy) is 3. The maximum Gasteiger partial charge on any atom is 0.257 e. The fourth-order valence-electron chi connectivity index (χ4n) is 4.20. The summed E-state index contributed by atoms with van der Waals surface area (Å²) in [5.41, 5.74) is 2.06. The highest BCUT2D eigenvalue weighted by Crippen LogP contribution is 2.26. The van der Waals surface area contributed by atoms with Gasteiger partial charge in [-0.05, 0) is 48.7 Å². The van der Waals surface area contributed by atoms with Gasteiger partial charge in [0.1, 0.15) is 19.0 Å². The molecule has 0 saturated carbocycles. The zero-order valence-electron chi connectivity index (χ0n) is 21.2. The van der Waals surface area contributed by atoms with Crippen LogP contribution in [0.2, 0.25) is 0 Å². The normalized spacial score (nSPS) is 21.9. The van der Waals surface area contributed by atoms with Crippen molar-refractivity contribution in [1.29, 1.82) is 0 Å². The number of rotatable bonds is 6. The molecule has 1 aliphatic heterocycles. The van der Waals surface area contributed by atoms with Gasteiger partial charge in [-0.1, -0.05) is 6.92 Å². The summed E-state index contributed by atoms with van der Waals surface area (Å²) in [4.78, 5) is 33.5. The lowest BCUT2D eigenvalue weighted by Gasteiger charge is -2.36. The summed E-state index contributed by atoms with van der Waals surface area (Å²) in [6.45, 7) is 6.55. The summed E-state index contributed by atoms with van der Waals surface area (Å²) in [6.07, 6.45) is 3.45. The fraction of sp³-hybridized carbons (Fsp3) is 0.500. The Morgan fingerprint density at radius 1 is 1.17 bits per heavy atom. The van der Waals surface area contributed by atoms with E-state index in [1.165, 1.54) is 12.7 Å². The van der Waals surface area contributed by atoms with Gasteiger partial charge in [-0.25, -0.2) is 0 Å². The molecular formula is C26H36N4O5. The Morgan fingerprint density at radius 3 is 2.60 bits per heavy atom. The average molecular weight is 485 g/mol. The number of hydrogen-bond donors (Lipinski definition) is 1. The Bertz CT molecular complexity index is 987. The van der Waals surface area contributed by atoms with E-state index in [0.717, 1.165) is 13.1 Å². The van der Waals surface area contributed by atoms with Gasteiger partial charge >= 0.3 is 0 Å². The molecule has 1 aliphatic rings. The molecule has 9 nitrogen and oxygen atoms in total. The van der Waals surface area contributed by atoms with Crippen LogP contribution in [0.4, 0.5) is 5.69 Å². The number of carbonyl (C=O) groups is 2. The summed E-state index contributed by atoms with van der Waals surface area (Å²) in [5, 5.41) is 2.76. The molecule has 35 heavy (non-hydrogen) atoms. The minimum atomic E-state index is -0.295. The molecule has 2 aromatic rings. The Morgan fingerprint density at radius 2 is 1.91 bits per heavy atom. The van der Waals surface area contributed by atoms with Gasteiger partial charge in [0, 0.05) is 65.0 Å². The smallest absolute Gasteiger partial charge is 0.257 e. The van der Waals surface area contributed by atoms with Crippen LogP contribution in [0.5, 0.6) is 5.75 Å². The van der Waals surface area contributed by atoms with Crippen molar-refractivity contribution in [2.75, 3.05) is 52.9 Å². The third kappa shape index (κ3) is 7.24. The molecule has 1 aromatic carbocycles. The first-order chi connectivity index (χ1) is 16.8. The quantitative estimate of drug-likeness (QED) is 0.674. The highest BCUT2D eigenvalue weighted by molar-refractivity contribution is 5.99. The molecule has 0 unspecified atom stereocenters. The number of hydrogen-bond acceptors (Lipinski definition) is 7. The predicted octanol–water partition coefficient (Wildman–Crippen LogP) is 2.67. The first kappa shape index (κ1) is 26.6. The van der Waals surface area contributed by atoms with Crippen LogP contribution < -0.4 is 10.1 Å². The van der Waals surface area contributed by atoms with Gasteiger partial charge in [-0.2, -0.15) is 0 Å². The molecule has 0 bridgehead atoms. The molecule has 0 aliphatic carbocycles. The minimum absolute atomic E-state index is 0.0698. The molecule has 1 aromatic heterocycles. The van der Waals surface area contributed by atoms with Crippen molar-refractivity contribution in [3.63, 3.8) is 0 Å². The average Bonchev–Trinajstić information content (AvgIpc) is 2.85. The Labute approximate surface area is 207 Å². The molecule has 0 spiro atoms. The first-order valence-corrected chi connectivity index (χ1v) is 11.8. The van der Waals surface area contributed by atoms with Crippen molar-refractivity contribution >= 4 is 17.5 Å². The highest BCUT2D eigenvalue weighted by Gasteiger charge is 2.28. The van der Waals surface area contributed by atoms with Crippen LogP contribution in [0, 0.1) is 5.92 Å². The van der Waals surface area contributed by atoms with Gasteiger partial charge in [-0.3, -0.25) is 19.5 Å². The van der Waals surface area contributed by atoms with Crippen LogP contribution in [0.15, 0.2) is 42.7 Å². The topological polar surface area (TPSA) is 93.2 Å². The summed E-state index contributed by atoms with van der Waals surface area (Å²) >= 11 is 0. The number of carbonyl (C=O) groups excluding carboxylic acids is 2. The van der Waals surface area contributed by atoms with Crippen LogP contribution in [0.1, 0.15) is 29.8 Å². The van der Waals surface area contributed by atoms with Gasteiger partial charge < -0.3 is 24.4 Å². The van der Waals surface area contributed by atoms with Crippen molar-refractivity contribution in [1.82, 2.24) is 14.8 Å². The molecular weight excluding hydrogens is 448 g/mol. The van der Waals surface area contributed by atoms with Crippen LogP contribution in [-0.4, -0.2) is 86.3 Å². The summed E-state index contributed by atoms with van der Waals surface area (Å²) in [7, 11) is 4.89. The minimum Gasteiger partial charge on any atom is -0.491 e. The van der Waals surface area contributed by atoms with Crippen LogP contribution in [-0.2, 0) is 20.8 Å². The second-order valence-electron chi connectivity index (χ2n) is 9.07. The maximum atomic E-state index is 13.4. The van der Waals surface area contributed by atoms with Crippen molar-refractivity contribution in [3.05, 3.63) is 53.9 Å². The molecule has 2 amide bonds. The lowest BCUT2D eigenvalue weighted by atomic mass is 10.0. The predicted molar refractivity (Wildman–Crippen MR) is 133 cm³/mol. The van der Waals surface area contributed by atoms with E-state index in [0.29, 0.717) is 30.2 Å². The number of nitrogens with zero attached hydrogens (tertiary/aromatic N) is 3. The molecule has 0 fully saturated rings. The first-order valence-electron chi connectivity index (χ1n) is 11.8. The standard InChI is InChI=1S/C26H36N4O5/c1-18-13-30(14-20-8-10-27-11-9-20)19(2)16-35-23-7-6-21(28-25(31)17-33-4)12-22(23)26(32)29(3)15-24(18)34-5/h6-12,18-19,24H,13-17H2,1-5H3,(H,28,31)/t18-,19-,24-/m1/s1. The molecule has 0 saturated heterocycles. The monoisotopic (exact) mass is 484 g/mol. The third-order valence-corrected chi connectivity index (χ3v) is 6.27. The number of nitrogens with one attached hydrogen (secondary N) is 1. The van der Waals surface area contributed by atoms with Crippen LogP contribution in [0.3, 0.4) is 0 Å². The molecule has 9 heteroatoms. The van der Waals surface area contributed by atoms with E-state index in [2.05, 4.69) is 29.0 Å². The number of aromatic nitrogens is 1. The van der Waals surface area contributed by atoms with E-state index in [9.17, 15) is 9.59 Å². The number of methoxy groups -OCH3 is 2. The molecule has 2 heterocycles. The summed E-state index contributed by atoms with van der Waals surface area (Å²) in [6, 6.07) is 9.21. The lowest BCUT2D eigenvalue weighted by molar-refractivity contribution is -0.119. The van der Waals surface area contributed by atoms with E-state index < -0.39 is 0 Å². The Balaban J connectivity index is 1.92. The van der Waals surface area contributed by atoms with Gasteiger partial charge in [-0.15, -0.1) is 0 Å². The zero-order valence-corrected chi connectivity index (χ0v) is 21.2. The Kier molecular flexibility index (Phi) is 9.59. The van der Waals surface area contributed by atoms with Crippen molar-refractivity contribution in [3.8, 4) is 5.75 Å². The number of likely N-dealkylation sites (N-methyl/N-ethyl adjacent to an activating group) is 1. The zero-order chi connectivity index (χ0) is 25.4. The number of anilines is 1. The summed E-state index contributed by atoms with van der Waals surface area (Å²) < 4.78 is 16.9. The second kappa shape index (κ2) is 12.6. The van der Waals surface area contributed by atoms with E-state index in [-0.39, 0.29) is 36.5 Å². The molecule has 0 radical (unpaired) electrons. The van der Waals surface area contributed by atoms with Crippen LogP contribution in [0.25, 0.3) is 0 Å². The van der Waals surface area contributed by atoms with Crippen molar-refractivity contribution < 1.29 is 23.8 Å². The van der Waals surface area contributed by atoms with Crippen molar-refractivity contribution in [2.45, 2.75) is 32.5 Å². The van der Waals surface area contributed by atoms with E-state index in [1.807, 2.05) is 12.1 Å². The van der Waals surface area contributed by atoms with Gasteiger partial charge in [0.05, 0.1) is 11.7 Å². The molecule has 3 rings (SSSR count). The second-order valence-corrected chi connectivity index (χ2v) is 9.07. The van der Waals surface area contributed by atoms with Crippen molar-refractivity contribution in [2.24, 2.45) is 5.92 Å². The Hall–Kier alpha value is -3.01. The number of fused-ring (bicyclic) bond motifs is 1. The third-order valence-electron chi connectivity index (χ3n) is 6.27. The maximum absolute atomic E-state index is 13.4. The largest absolute Gasteiger partial charge is 0.491 e. The number of amides is 2. The fourth-order valence-corrected chi connectivity index (χ4v) is 4.20. The van der Waals surface area contributed by atoms with Gasteiger partial charge in [0.25, 0.3) is 5.91 Å². The van der Waals surface area contributed by atoms with E-state index >= 15 is 0 Å².